The number of hydrogen-bond acceptors (Lipinski definition) is 1. The minimum atomic E-state index is 0.388. The van der Waals surface area contributed by atoms with Crippen LogP contribution in [0.1, 0.15) is 45.4 Å². The van der Waals surface area contributed by atoms with Crippen LogP contribution < -0.4 is 0 Å². The molecule has 0 rings (SSSR count). The van der Waals surface area contributed by atoms with Gasteiger partial charge in [-0.05, 0) is 33.5 Å². The van der Waals surface area contributed by atoms with Crippen molar-refractivity contribution >= 4 is 11.6 Å². The molecule has 0 aromatic carbocycles. The van der Waals surface area contributed by atoms with Crippen LogP contribution in [-0.2, 0) is 0 Å². The molecule has 0 heterocycles. The number of nitrogens with zero attached hydrogens (tertiary/aromatic N) is 1. The van der Waals surface area contributed by atoms with E-state index in [1.807, 2.05) is 0 Å². The first-order valence-corrected chi connectivity index (χ1v) is 5.89. The second-order valence-corrected chi connectivity index (χ2v) is 4.66. The second-order valence-electron chi connectivity index (χ2n) is 4.04. The fourth-order valence-electron chi connectivity index (χ4n) is 1.34. The fraction of sp³-hybridized carbons (Fsp3) is 1.00. The smallest absolute Gasteiger partial charge is 0.0348 e. The summed E-state index contributed by atoms with van der Waals surface area (Å²) in [5.74, 6) is 0. The summed E-state index contributed by atoms with van der Waals surface area (Å²) in [5.41, 5.74) is 0. The van der Waals surface area contributed by atoms with Crippen LogP contribution in [0.5, 0.6) is 0 Å². The minimum absolute atomic E-state index is 0.388. The van der Waals surface area contributed by atoms with E-state index in [1.54, 1.807) is 0 Å². The molecule has 13 heavy (non-hydrogen) atoms. The van der Waals surface area contributed by atoms with E-state index in [1.165, 1.54) is 32.1 Å². The molecule has 0 aliphatic rings. The van der Waals surface area contributed by atoms with Crippen molar-refractivity contribution in [1.82, 2.24) is 4.90 Å². The van der Waals surface area contributed by atoms with Gasteiger partial charge in [0.2, 0.25) is 0 Å². The van der Waals surface area contributed by atoms with E-state index >= 15 is 0 Å². The Morgan fingerprint density at radius 1 is 1.08 bits per heavy atom. The van der Waals surface area contributed by atoms with Gasteiger partial charge in [-0.2, -0.15) is 0 Å². The molecule has 0 aromatic rings. The fourth-order valence-corrected chi connectivity index (χ4v) is 1.59. The Kier molecular flexibility index (Phi) is 9.00. The molecule has 0 amide bonds. The third kappa shape index (κ3) is 10.2. The van der Waals surface area contributed by atoms with Gasteiger partial charge in [0.05, 0.1) is 0 Å². The molecule has 0 saturated heterocycles. The zero-order valence-corrected chi connectivity index (χ0v) is 10.1. The van der Waals surface area contributed by atoms with Gasteiger partial charge in [0, 0.05) is 5.38 Å². The van der Waals surface area contributed by atoms with Gasteiger partial charge in [-0.25, -0.2) is 0 Å². The van der Waals surface area contributed by atoms with Crippen molar-refractivity contribution in [2.24, 2.45) is 0 Å². The SMILES string of the molecule is CCCCCCC(Cl)CCN(C)C. The molecule has 1 unspecified atom stereocenters. The molecule has 0 radical (unpaired) electrons. The lowest BCUT2D eigenvalue weighted by Gasteiger charge is -2.13. The van der Waals surface area contributed by atoms with Gasteiger partial charge >= 0.3 is 0 Å². The lowest BCUT2D eigenvalue weighted by molar-refractivity contribution is 0.391. The average molecular weight is 206 g/mol. The second kappa shape index (κ2) is 8.83. The molecule has 0 aliphatic carbocycles. The molecule has 0 aromatic heterocycles. The van der Waals surface area contributed by atoms with Gasteiger partial charge in [-0.3, -0.25) is 0 Å². The highest BCUT2D eigenvalue weighted by Gasteiger charge is 2.04. The Morgan fingerprint density at radius 2 is 1.77 bits per heavy atom. The first kappa shape index (κ1) is 13.2. The van der Waals surface area contributed by atoms with E-state index in [2.05, 4.69) is 25.9 Å². The van der Waals surface area contributed by atoms with Crippen LogP contribution in [0.4, 0.5) is 0 Å². The molecule has 2 heteroatoms. The molecule has 0 saturated carbocycles. The lowest BCUT2D eigenvalue weighted by Crippen LogP contribution is -2.16. The third-order valence-electron chi connectivity index (χ3n) is 2.26. The first-order chi connectivity index (χ1) is 6.16. The summed E-state index contributed by atoms with van der Waals surface area (Å²) in [7, 11) is 4.20. The molecule has 0 bridgehead atoms. The maximum absolute atomic E-state index is 6.18. The highest BCUT2D eigenvalue weighted by Crippen LogP contribution is 2.13. The highest BCUT2D eigenvalue weighted by atomic mass is 35.5. The quantitative estimate of drug-likeness (QED) is 0.433. The Hall–Kier alpha value is 0.250. The molecule has 1 nitrogen and oxygen atoms in total. The number of rotatable bonds is 8. The van der Waals surface area contributed by atoms with E-state index in [0.29, 0.717) is 5.38 Å². The standard InChI is InChI=1S/C11H24ClN/c1-4-5-6-7-8-11(12)9-10-13(2)3/h11H,4-10H2,1-3H3. The molecular weight excluding hydrogens is 182 g/mol. The van der Waals surface area contributed by atoms with E-state index in [9.17, 15) is 0 Å². The zero-order chi connectivity index (χ0) is 10.1. The van der Waals surface area contributed by atoms with Crippen LogP contribution in [0.25, 0.3) is 0 Å². The van der Waals surface area contributed by atoms with Gasteiger partial charge in [0.1, 0.15) is 0 Å². The summed E-state index contributed by atoms with van der Waals surface area (Å²) in [4.78, 5) is 2.20. The van der Waals surface area contributed by atoms with Gasteiger partial charge in [0.25, 0.3) is 0 Å². The van der Waals surface area contributed by atoms with Crippen LogP contribution in [0.3, 0.4) is 0 Å². The van der Waals surface area contributed by atoms with Gasteiger partial charge in [-0.15, -0.1) is 11.6 Å². The molecule has 0 aliphatic heterocycles. The van der Waals surface area contributed by atoms with E-state index < -0.39 is 0 Å². The maximum atomic E-state index is 6.18. The van der Waals surface area contributed by atoms with Crippen LogP contribution in [-0.4, -0.2) is 30.9 Å². The molecule has 1 atom stereocenters. The van der Waals surface area contributed by atoms with Crippen molar-refractivity contribution in [3.63, 3.8) is 0 Å². The molecule has 0 fully saturated rings. The molecule has 0 spiro atoms. The predicted molar refractivity (Wildman–Crippen MR) is 61.6 cm³/mol. The third-order valence-corrected chi connectivity index (χ3v) is 2.70. The van der Waals surface area contributed by atoms with E-state index in [-0.39, 0.29) is 0 Å². The summed E-state index contributed by atoms with van der Waals surface area (Å²) in [5, 5.41) is 0.388. The number of halogens is 1. The van der Waals surface area contributed by atoms with Crippen molar-refractivity contribution in [3.8, 4) is 0 Å². The summed E-state index contributed by atoms with van der Waals surface area (Å²) in [6, 6.07) is 0. The summed E-state index contributed by atoms with van der Waals surface area (Å²) < 4.78 is 0. The van der Waals surface area contributed by atoms with Gasteiger partial charge in [0.15, 0.2) is 0 Å². The summed E-state index contributed by atoms with van der Waals surface area (Å²) in [6.45, 7) is 3.35. The Morgan fingerprint density at radius 3 is 2.31 bits per heavy atom. The van der Waals surface area contributed by atoms with Crippen LogP contribution >= 0.6 is 11.6 Å². The van der Waals surface area contributed by atoms with Crippen molar-refractivity contribution in [2.75, 3.05) is 20.6 Å². The number of alkyl halides is 1. The number of hydrogen-bond donors (Lipinski definition) is 0. The minimum Gasteiger partial charge on any atom is -0.309 e. The lowest BCUT2D eigenvalue weighted by atomic mass is 10.1. The monoisotopic (exact) mass is 205 g/mol. The first-order valence-electron chi connectivity index (χ1n) is 5.45. The molecular formula is C11H24ClN. The molecule has 0 N–H and O–H groups in total. The molecule has 80 valence electrons. The van der Waals surface area contributed by atoms with E-state index in [0.717, 1.165) is 13.0 Å². The van der Waals surface area contributed by atoms with Crippen molar-refractivity contribution < 1.29 is 0 Å². The summed E-state index contributed by atoms with van der Waals surface area (Å²) >= 11 is 6.18. The number of unbranched alkanes of at least 4 members (excludes halogenated alkanes) is 3. The van der Waals surface area contributed by atoms with Crippen molar-refractivity contribution in [3.05, 3.63) is 0 Å². The van der Waals surface area contributed by atoms with Crippen molar-refractivity contribution in [2.45, 2.75) is 50.8 Å². The Labute approximate surface area is 88.5 Å². The zero-order valence-electron chi connectivity index (χ0n) is 9.35. The van der Waals surface area contributed by atoms with Crippen LogP contribution in [0.15, 0.2) is 0 Å². The van der Waals surface area contributed by atoms with Crippen LogP contribution in [0.2, 0.25) is 0 Å². The Bertz CT molecular complexity index is 104. The van der Waals surface area contributed by atoms with Gasteiger partial charge in [-0.1, -0.05) is 32.6 Å². The average Bonchev–Trinajstić information content (AvgIpc) is 2.09. The topological polar surface area (TPSA) is 3.24 Å². The van der Waals surface area contributed by atoms with E-state index in [4.69, 9.17) is 11.6 Å². The van der Waals surface area contributed by atoms with Crippen LogP contribution in [0, 0.1) is 0 Å². The Balaban J connectivity index is 3.15. The van der Waals surface area contributed by atoms with Gasteiger partial charge < -0.3 is 4.90 Å². The normalized spacial score (nSPS) is 13.6. The highest BCUT2D eigenvalue weighted by molar-refractivity contribution is 6.20. The maximum Gasteiger partial charge on any atom is 0.0348 e. The predicted octanol–water partition coefficient (Wildman–Crippen LogP) is 3.52. The van der Waals surface area contributed by atoms with Crippen molar-refractivity contribution in [1.29, 1.82) is 0 Å². The summed E-state index contributed by atoms with van der Waals surface area (Å²) in [6.07, 6.45) is 7.63. The largest absolute Gasteiger partial charge is 0.309 e.